The van der Waals surface area contributed by atoms with Crippen LogP contribution in [0.4, 0.5) is 0 Å². The van der Waals surface area contributed by atoms with Gasteiger partial charge in [-0.05, 0) is 24.3 Å². The topological polar surface area (TPSA) is 84.9 Å². The molecule has 1 amide bonds. The van der Waals surface area contributed by atoms with E-state index in [0.717, 1.165) is 0 Å². The zero-order valence-corrected chi connectivity index (χ0v) is 14.1. The molecule has 1 heterocycles. The Bertz CT molecular complexity index is 780. The standard InChI is InChI=1S/C18H17NO5S/c20-17(11-25-16-8-4-1-5-13(16)18(21)22)19-9-12-10-23-14-6-2-3-7-15(14)24-12/h1-8,12H,9-11H2,(H,19,20)(H,21,22). The highest BCUT2D eigenvalue weighted by atomic mass is 32.2. The third-order valence-electron chi connectivity index (χ3n) is 3.57. The molecule has 25 heavy (non-hydrogen) atoms. The minimum Gasteiger partial charge on any atom is -0.486 e. The molecule has 0 fully saturated rings. The second kappa shape index (κ2) is 7.94. The number of thioether (sulfide) groups is 1. The number of hydrogen-bond acceptors (Lipinski definition) is 5. The van der Waals surface area contributed by atoms with E-state index < -0.39 is 5.97 Å². The molecule has 0 spiro atoms. The third-order valence-corrected chi connectivity index (χ3v) is 4.64. The second-order valence-corrected chi connectivity index (χ2v) is 6.41. The molecule has 3 rings (SSSR count). The summed E-state index contributed by atoms with van der Waals surface area (Å²) < 4.78 is 11.4. The average Bonchev–Trinajstić information content (AvgIpc) is 2.64. The Hall–Kier alpha value is -2.67. The van der Waals surface area contributed by atoms with E-state index in [4.69, 9.17) is 14.6 Å². The van der Waals surface area contributed by atoms with Gasteiger partial charge >= 0.3 is 5.97 Å². The molecule has 0 aromatic heterocycles. The van der Waals surface area contributed by atoms with Crippen LogP contribution in [0.3, 0.4) is 0 Å². The second-order valence-electron chi connectivity index (χ2n) is 5.39. The van der Waals surface area contributed by atoms with Crippen LogP contribution in [0.15, 0.2) is 53.4 Å². The van der Waals surface area contributed by atoms with Crippen LogP contribution in [-0.2, 0) is 4.79 Å². The number of ether oxygens (including phenoxy) is 2. The largest absolute Gasteiger partial charge is 0.486 e. The summed E-state index contributed by atoms with van der Waals surface area (Å²) in [5.41, 5.74) is 0.195. The van der Waals surface area contributed by atoms with Gasteiger partial charge in [0.05, 0.1) is 17.9 Å². The Morgan fingerprint density at radius 1 is 1.12 bits per heavy atom. The van der Waals surface area contributed by atoms with Gasteiger partial charge in [-0.1, -0.05) is 24.3 Å². The monoisotopic (exact) mass is 359 g/mol. The molecule has 0 saturated carbocycles. The summed E-state index contributed by atoms with van der Waals surface area (Å²) in [5.74, 6) is 0.306. The summed E-state index contributed by atoms with van der Waals surface area (Å²) in [7, 11) is 0. The highest BCUT2D eigenvalue weighted by molar-refractivity contribution is 8.00. The van der Waals surface area contributed by atoms with Gasteiger partial charge in [0.2, 0.25) is 5.91 Å². The molecule has 2 N–H and O–H groups in total. The summed E-state index contributed by atoms with van der Waals surface area (Å²) >= 11 is 1.19. The number of aromatic carboxylic acids is 1. The number of fused-ring (bicyclic) bond motifs is 1. The smallest absolute Gasteiger partial charge is 0.336 e. The van der Waals surface area contributed by atoms with E-state index in [1.165, 1.54) is 17.8 Å². The molecule has 1 unspecified atom stereocenters. The van der Waals surface area contributed by atoms with Crippen LogP contribution in [0, 0.1) is 0 Å². The van der Waals surface area contributed by atoms with Crippen LogP contribution in [0.25, 0.3) is 0 Å². The first-order valence-electron chi connectivity index (χ1n) is 7.74. The molecule has 130 valence electrons. The van der Waals surface area contributed by atoms with E-state index in [2.05, 4.69) is 5.32 Å². The van der Waals surface area contributed by atoms with E-state index in [1.54, 1.807) is 18.2 Å². The first kappa shape index (κ1) is 17.2. The molecule has 1 aliphatic rings. The number of carboxylic acid groups (broad SMARTS) is 1. The number of rotatable bonds is 6. The summed E-state index contributed by atoms with van der Waals surface area (Å²) in [6, 6.07) is 14.0. The molecule has 0 radical (unpaired) electrons. The summed E-state index contributed by atoms with van der Waals surface area (Å²) in [4.78, 5) is 23.7. The van der Waals surface area contributed by atoms with Crippen LogP contribution in [0.2, 0.25) is 0 Å². The maximum Gasteiger partial charge on any atom is 0.336 e. The molecule has 0 bridgehead atoms. The zero-order valence-electron chi connectivity index (χ0n) is 13.3. The van der Waals surface area contributed by atoms with Gasteiger partial charge in [-0.2, -0.15) is 0 Å². The molecule has 1 aliphatic heterocycles. The van der Waals surface area contributed by atoms with Gasteiger partial charge in [-0.3, -0.25) is 4.79 Å². The molecule has 6 nitrogen and oxygen atoms in total. The number of para-hydroxylation sites is 2. The first-order valence-corrected chi connectivity index (χ1v) is 8.72. The maximum atomic E-state index is 12.0. The fraction of sp³-hybridized carbons (Fsp3) is 0.222. The maximum absolute atomic E-state index is 12.0. The van der Waals surface area contributed by atoms with Gasteiger partial charge in [0, 0.05) is 4.90 Å². The zero-order chi connectivity index (χ0) is 17.6. The van der Waals surface area contributed by atoms with Crippen LogP contribution in [0.1, 0.15) is 10.4 Å². The van der Waals surface area contributed by atoms with Crippen molar-refractivity contribution in [3.63, 3.8) is 0 Å². The Morgan fingerprint density at radius 3 is 2.64 bits per heavy atom. The van der Waals surface area contributed by atoms with Crippen LogP contribution < -0.4 is 14.8 Å². The van der Waals surface area contributed by atoms with Gasteiger partial charge in [-0.15, -0.1) is 11.8 Å². The Labute approximate surface area is 149 Å². The molecular weight excluding hydrogens is 342 g/mol. The van der Waals surface area contributed by atoms with Crippen molar-refractivity contribution in [1.82, 2.24) is 5.32 Å². The normalized spacial score (nSPS) is 15.4. The molecule has 7 heteroatoms. The molecular formula is C18H17NO5S. The number of carbonyl (C=O) groups is 2. The Morgan fingerprint density at radius 2 is 1.84 bits per heavy atom. The van der Waals surface area contributed by atoms with Crippen molar-refractivity contribution in [2.75, 3.05) is 18.9 Å². The minimum absolute atomic E-state index is 0.133. The Balaban J connectivity index is 1.47. The van der Waals surface area contributed by atoms with Gasteiger partial charge < -0.3 is 19.9 Å². The molecule has 0 saturated heterocycles. The van der Waals surface area contributed by atoms with E-state index in [1.807, 2.05) is 24.3 Å². The van der Waals surface area contributed by atoms with E-state index in [0.29, 0.717) is 29.5 Å². The van der Waals surface area contributed by atoms with Crippen molar-refractivity contribution in [2.24, 2.45) is 0 Å². The molecule has 0 aliphatic carbocycles. The van der Waals surface area contributed by atoms with Crippen LogP contribution in [0.5, 0.6) is 11.5 Å². The quantitative estimate of drug-likeness (QED) is 0.771. The lowest BCUT2D eigenvalue weighted by Gasteiger charge is -2.26. The first-order chi connectivity index (χ1) is 12.1. The van der Waals surface area contributed by atoms with E-state index >= 15 is 0 Å². The summed E-state index contributed by atoms with van der Waals surface area (Å²) in [6.45, 7) is 0.695. The van der Waals surface area contributed by atoms with Gasteiger partial charge in [0.25, 0.3) is 0 Å². The number of carboxylic acids is 1. The van der Waals surface area contributed by atoms with Crippen molar-refractivity contribution in [3.05, 3.63) is 54.1 Å². The fourth-order valence-electron chi connectivity index (χ4n) is 2.35. The van der Waals surface area contributed by atoms with Crippen molar-refractivity contribution in [2.45, 2.75) is 11.0 Å². The fourth-order valence-corrected chi connectivity index (χ4v) is 3.23. The van der Waals surface area contributed by atoms with E-state index in [-0.39, 0.29) is 23.3 Å². The van der Waals surface area contributed by atoms with Crippen LogP contribution >= 0.6 is 11.8 Å². The summed E-state index contributed by atoms with van der Waals surface area (Å²) in [6.07, 6.45) is -0.254. The number of nitrogens with one attached hydrogen (secondary N) is 1. The number of carbonyl (C=O) groups excluding carboxylic acids is 1. The lowest BCUT2D eigenvalue weighted by molar-refractivity contribution is -0.119. The Kier molecular flexibility index (Phi) is 5.45. The van der Waals surface area contributed by atoms with Gasteiger partial charge in [0.15, 0.2) is 11.5 Å². The third kappa shape index (κ3) is 4.45. The molecule has 1 atom stereocenters. The van der Waals surface area contributed by atoms with Crippen molar-refractivity contribution in [1.29, 1.82) is 0 Å². The lowest BCUT2D eigenvalue weighted by atomic mass is 10.2. The van der Waals surface area contributed by atoms with Crippen LogP contribution in [-0.4, -0.2) is 42.0 Å². The minimum atomic E-state index is -1.00. The van der Waals surface area contributed by atoms with Gasteiger partial charge in [-0.25, -0.2) is 4.79 Å². The van der Waals surface area contributed by atoms with Crippen molar-refractivity contribution in [3.8, 4) is 11.5 Å². The summed E-state index contributed by atoms with van der Waals surface area (Å²) in [5, 5.41) is 11.9. The predicted octanol–water partition coefficient (Wildman–Crippen LogP) is 2.43. The van der Waals surface area contributed by atoms with Crippen molar-refractivity contribution >= 4 is 23.6 Å². The lowest BCUT2D eigenvalue weighted by Crippen LogP contribution is -2.41. The number of hydrogen-bond donors (Lipinski definition) is 2. The number of benzene rings is 2. The molecule has 2 aromatic carbocycles. The van der Waals surface area contributed by atoms with E-state index in [9.17, 15) is 9.59 Å². The van der Waals surface area contributed by atoms with Gasteiger partial charge in [0.1, 0.15) is 12.7 Å². The molecule has 2 aromatic rings. The highest BCUT2D eigenvalue weighted by Gasteiger charge is 2.21. The SMILES string of the molecule is O=C(CSc1ccccc1C(=O)O)NCC1COc2ccccc2O1. The highest BCUT2D eigenvalue weighted by Crippen LogP contribution is 2.30. The average molecular weight is 359 g/mol. The predicted molar refractivity (Wildman–Crippen MR) is 93.5 cm³/mol. The number of amides is 1. The van der Waals surface area contributed by atoms with Crippen molar-refractivity contribution < 1.29 is 24.2 Å².